The van der Waals surface area contributed by atoms with Crippen molar-refractivity contribution in [3.05, 3.63) is 48.5 Å². The van der Waals surface area contributed by atoms with Gasteiger partial charge in [0.15, 0.2) is 0 Å². The third-order valence-corrected chi connectivity index (χ3v) is 1.59. The molecule has 0 spiro atoms. The third-order valence-electron chi connectivity index (χ3n) is 1.59. The van der Waals surface area contributed by atoms with E-state index in [4.69, 9.17) is 5.11 Å². The SMILES string of the molecule is CO.[Ni].[c-]1ccc2ccccc2c1. The van der Waals surface area contributed by atoms with Gasteiger partial charge >= 0.3 is 0 Å². The molecule has 0 fully saturated rings. The molecule has 0 amide bonds. The van der Waals surface area contributed by atoms with Crippen molar-refractivity contribution < 1.29 is 21.6 Å². The number of aliphatic hydroxyl groups excluding tert-OH is 1. The van der Waals surface area contributed by atoms with Crippen molar-refractivity contribution in [3.8, 4) is 0 Å². The Bertz CT molecular complexity index is 281. The van der Waals surface area contributed by atoms with Gasteiger partial charge in [0.2, 0.25) is 0 Å². The maximum Gasteiger partial charge on any atom is 0.0319 e. The minimum absolute atomic E-state index is 0. The number of fused-ring (bicyclic) bond motifs is 1. The average Bonchev–Trinajstić information content (AvgIpc) is 2.21. The van der Waals surface area contributed by atoms with Crippen LogP contribution in [0.15, 0.2) is 42.5 Å². The van der Waals surface area contributed by atoms with Gasteiger partial charge in [-0.15, -0.1) is 16.8 Å². The van der Waals surface area contributed by atoms with Gasteiger partial charge in [0.1, 0.15) is 0 Å². The van der Waals surface area contributed by atoms with E-state index in [1.807, 2.05) is 24.3 Å². The van der Waals surface area contributed by atoms with Crippen LogP contribution in [0.2, 0.25) is 0 Å². The molecule has 0 heterocycles. The first-order valence-corrected chi connectivity index (χ1v) is 3.76. The summed E-state index contributed by atoms with van der Waals surface area (Å²) in [5, 5.41) is 9.53. The molecule has 1 N–H and O–H groups in total. The van der Waals surface area contributed by atoms with Crippen molar-refractivity contribution in [1.29, 1.82) is 0 Å². The normalized spacial score (nSPS) is 8.15. The number of hydrogen-bond acceptors (Lipinski definition) is 1. The van der Waals surface area contributed by atoms with Crippen LogP contribution in [-0.2, 0) is 16.5 Å². The Morgan fingerprint density at radius 2 is 1.62 bits per heavy atom. The molecule has 2 aromatic rings. The molecule has 0 aliphatic rings. The van der Waals surface area contributed by atoms with Gasteiger partial charge in [-0.25, -0.2) is 0 Å². The monoisotopic (exact) mass is 217 g/mol. The molecule has 0 bridgehead atoms. The average molecular weight is 218 g/mol. The van der Waals surface area contributed by atoms with E-state index in [0.29, 0.717) is 0 Å². The molecule has 0 radical (unpaired) electrons. The van der Waals surface area contributed by atoms with E-state index in [-0.39, 0.29) is 16.5 Å². The summed E-state index contributed by atoms with van der Waals surface area (Å²) in [6, 6.07) is 17.3. The number of hydrogen-bond donors (Lipinski definition) is 1. The molecule has 0 aliphatic carbocycles. The second-order valence-corrected chi connectivity index (χ2v) is 2.27. The van der Waals surface area contributed by atoms with Gasteiger partial charge in [0.05, 0.1) is 0 Å². The molecule has 0 saturated heterocycles. The molecular weight excluding hydrogens is 207 g/mol. The second-order valence-electron chi connectivity index (χ2n) is 2.27. The maximum atomic E-state index is 7.00. The molecule has 0 atom stereocenters. The van der Waals surface area contributed by atoms with Crippen molar-refractivity contribution in [2.75, 3.05) is 7.11 Å². The molecule has 0 saturated carbocycles. The molecule has 13 heavy (non-hydrogen) atoms. The van der Waals surface area contributed by atoms with Crippen LogP contribution in [-0.4, -0.2) is 12.2 Å². The van der Waals surface area contributed by atoms with E-state index < -0.39 is 0 Å². The van der Waals surface area contributed by atoms with Crippen LogP contribution in [0.3, 0.4) is 0 Å². The van der Waals surface area contributed by atoms with Crippen molar-refractivity contribution in [1.82, 2.24) is 0 Å². The molecule has 0 aliphatic heterocycles. The largest absolute Gasteiger partial charge is 0.400 e. The molecule has 0 unspecified atom stereocenters. The first-order valence-electron chi connectivity index (χ1n) is 3.76. The van der Waals surface area contributed by atoms with E-state index >= 15 is 0 Å². The molecule has 2 aromatic carbocycles. The first-order chi connectivity index (χ1) is 5.97. The van der Waals surface area contributed by atoms with Gasteiger partial charge in [0, 0.05) is 23.6 Å². The smallest absolute Gasteiger partial charge is 0.0319 e. The topological polar surface area (TPSA) is 20.2 Å². The Labute approximate surface area is 88.3 Å². The standard InChI is InChI=1S/C10H7.CH4O.Ni/c1-2-6-10-8-4-3-7-9(10)5-1;1-2;/h1-3,5-8H;2H,1H3;/q-1;;. The fraction of sp³-hybridized carbons (Fsp3) is 0.0909. The van der Waals surface area contributed by atoms with E-state index in [1.54, 1.807) is 0 Å². The van der Waals surface area contributed by atoms with E-state index in [2.05, 4.69) is 24.3 Å². The predicted molar refractivity (Wildman–Crippen MR) is 50.9 cm³/mol. The fourth-order valence-corrected chi connectivity index (χ4v) is 1.07. The van der Waals surface area contributed by atoms with E-state index in [1.165, 1.54) is 10.8 Å². The summed E-state index contributed by atoms with van der Waals surface area (Å²) in [5.41, 5.74) is 0. The van der Waals surface area contributed by atoms with Gasteiger partial charge in [-0.3, -0.25) is 0 Å². The summed E-state index contributed by atoms with van der Waals surface area (Å²) >= 11 is 0. The summed E-state index contributed by atoms with van der Waals surface area (Å²) in [4.78, 5) is 0. The van der Waals surface area contributed by atoms with Crippen molar-refractivity contribution >= 4 is 10.8 Å². The zero-order chi connectivity index (χ0) is 8.81. The van der Waals surface area contributed by atoms with Crippen LogP contribution in [0.5, 0.6) is 0 Å². The predicted octanol–water partition coefficient (Wildman–Crippen LogP) is 2.25. The second kappa shape index (κ2) is 6.65. The number of aliphatic hydroxyl groups is 1. The number of benzene rings is 2. The van der Waals surface area contributed by atoms with Gasteiger partial charge in [0.25, 0.3) is 0 Å². The van der Waals surface area contributed by atoms with Crippen molar-refractivity contribution in [2.45, 2.75) is 0 Å². The Morgan fingerprint density at radius 1 is 1.00 bits per heavy atom. The summed E-state index contributed by atoms with van der Waals surface area (Å²) in [5.74, 6) is 0. The minimum Gasteiger partial charge on any atom is -0.400 e. The fourth-order valence-electron chi connectivity index (χ4n) is 1.07. The van der Waals surface area contributed by atoms with E-state index in [9.17, 15) is 0 Å². The molecule has 2 rings (SSSR count). The number of rotatable bonds is 0. The third kappa shape index (κ3) is 3.18. The zero-order valence-corrected chi connectivity index (χ0v) is 8.29. The van der Waals surface area contributed by atoms with Crippen LogP contribution in [0.4, 0.5) is 0 Å². The van der Waals surface area contributed by atoms with E-state index in [0.717, 1.165) is 7.11 Å². The van der Waals surface area contributed by atoms with Crippen LogP contribution in [0, 0.1) is 6.07 Å². The van der Waals surface area contributed by atoms with Crippen LogP contribution in [0.1, 0.15) is 0 Å². The molecule has 2 heteroatoms. The Balaban J connectivity index is 0.000000451. The van der Waals surface area contributed by atoms with Crippen LogP contribution >= 0.6 is 0 Å². The van der Waals surface area contributed by atoms with Gasteiger partial charge < -0.3 is 5.11 Å². The van der Waals surface area contributed by atoms with Gasteiger partial charge in [-0.1, -0.05) is 18.2 Å². The Kier molecular flexibility index (Phi) is 6.21. The van der Waals surface area contributed by atoms with Gasteiger partial charge in [-0.2, -0.15) is 24.3 Å². The minimum atomic E-state index is 0. The quantitative estimate of drug-likeness (QED) is 0.530. The van der Waals surface area contributed by atoms with Crippen LogP contribution in [0.25, 0.3) is 10.8 Å². The summed E-state index contributed by atoms with van der Waals surface area (Å²) in [7, 11) is 1.00. The Morgan fingerprint density at radius 3 is 2.23 bits per heavy atom. The molecule has 0 aromatic heterocycles. The first kappa shape index (κ1) is 12.2. The summed E-state index contributed by atoms with van der Waals surface area (Å²) in [6.45, 7) is 0. The zero-order valence-electron chi connectivity index (χ0n) is 7.30. The summed E-state index contributed by atoms with van der Waals surface area (Å²) in [6.07, 6.45) is 0. The van der Waals surface area contributed by atoms with Crippen LogP contribution < -0.4 is 0 Å². The van der Waals surface area contributed by atoms with Crippen molar-refractivity contribution in [2.24, 2.45) is 0 Å². The van der Waals surface area contributed by atoms with Gasteiger partial charge in [-0.05, 0) is 0 Å². The summed E-state index contributed by atoms with van der Waals surface area (Å²) < 4.78 is 0. The van der Waals surface area contributed by atoms with Crippen molar-refractivity contribution in [3.63, 3.8) is 0 Å². The molecule has 72 valence electrons. The Hall–Kier alpha value is -0.846. The molecule has 1 nitrogen and oxygen atoms in total. The molecular formula is C11H11NiO-. The maximum absolute atomic E-state index is 7.00.